The fourth-order valence-corrected chi connectivity index (χ4v) is 1.57. The van der Waals surface area contributed by atoms with Gasteiger partial charge in [-0.25, -0.2) is 0 Å². The minimum absolute atomic E-state index is 0.0683. The van der Waals surface area contributed by atoms with Gasteiger partial charge in [0, 0.05) is 6.04 Å². The smallest absolute Gasteiger partial charge is 0.165 e. The van der Waals surface area contributed by atoms with Gasteiger partial charge in [0.05, 0.1) is 26.0 Å². The van der Waals surface area contributed by atoms with Crippen molar-refractivity contribution in [2.24, 2.45) is 5.73 Å². The van der Waals surface area contributed by atoms with Crippen LogP contribution in [-0.4, -0.2) is 22.9 Å². The lowest BCUT2D eigenvalue weighted by molar-refractivity contribution is 0.413. The van der Waals surface area contributed by atoms with E-state index in [2.05, 4.69) is 5.10 Å². The van der Waals surface area contributed by atoms with Crippen molar-refractivity contribution in [3.63, 3.8) is 0 Å². The van der Waals surface area contributed by atoms with Crippen LogP contribution in [0.15, 0.2) is 36.7 Å². The zero-order valence-electron chi connectivity index (χ0n) is 10.5. The van der Waals surface area contributed by atoms with Gasteiger partial charge in [-0.05, 0) is 31.2 Å². The molecule has 2 rings (SSSR count). The van der Waals surface area contributed by atoms with Crippen LogP contribution in [0, 0.1) is 0 Å². The van der Waals surface area contributed by atoms with Gasteiger partial charge in [-0.3, -0.25) is 4.68 Å². The van der Waals surface area contributed by atoms with Crippen LogP contribution in [0.1, 0.15) is 6.92 Å². The Morgan fingerprint density at radius 1 is 1.22 bits per heavy atom. The average molecular weight is 247 g/mol. The van der Waals surface area contributed by atoms with Gasteiger partial charge in [0.1, 0.15) is 11.5 Å². The van der Waals surface area contributed by atoms with Crippen LogP contribution in [0.4, 0.5) is 0 Å². The highest BCUT2D eigenvalue weighted by molar-refractivity contribution is 5.33. The number of nitrogens with zero attached hydrogens (tertiary/aromatic N) is 2. The van der Waals surface area contributed by atoms with E-state index >= 15 is 0 Å². The molecular weight excluding hydrogens is 230 g/mol. The van der Waals surface area contributed by atoms with E-state index in [-0.39, 0.29) is 6.04 Å². The minimum Gasteiger partial charge on any atom is -0.497 e. The Morgan fingerprint density at radius 3 is 2.50 bits per heavy atom. The maximum atomic E-state index is 5.70. The maximum absolute atomic E-state index is 5.70. The predicted octanol–water partition coefficient (Wildman–Crippen LogP) is 2.03. The zero-order chi connectivity index (χ0) is 13.0. The quantitative estimate of drug-likeness (QED) is 0.878. The summed E-state index contributed by atoms with van der Waals surface area (Å²) in [7, 11) is 1.63. The van der Waals surface area contributed by atoms with Gasteiger partial charge >= 0.3 is 0 Å². The van der Waals surface area contributed by atoms with E-state index in [0.717, 1.165) is 11.5 Å². The molecule has 0 aliphatic carbocycles. The molecule has 0 saturated heterocycles. The van der Waals surface area contributed by atoms with Gasteiger partial charge in [-0.2, -0.15) is 5.10 Å². The highest BCUT2D eigenvalue weighted by Crippen LogP contribution is 2.23. The van der Waals surface area contributed by atoms with E-state index in [1.165, 1.54) is 0 Å². The third-order valence-corrected chi connectivity index (χ3v) is 2.38. The summed E-state index contributed by atoms with van der Waals surface area (Å²) in [6.45, 7) is 2.61. The molecule has 1 unspecified atom stereocenters. The van der Waals surface area contributed by atoms with Gasteiger partial charge in [0.15, 0.2) is 5.75 Å². The summed E-state index contributed by atoms with van der Waals surface area (Å²) < 4.78 is 12.5. The van der Waals surface area contributed by atoms with E-state index in [1.807, 2.05) is 37.4 Å². The molecule has 0 radical (unpaired) electrons. The van der Waals surface area contributed by atoms with Gasteiger partial charge in [-0.1, -0.05) is 0 Å². The summed E-state index contributed by atoms with van der Waals surface area (Å²) in [4.78, 5) is 0. The largest absolute Gasteiger partial charge is 0.497 e. The Morgan fingerprint density at radius 2 is 1.89 bits per heavy atom. The zero-order valence-corrected chi connectivity index (χ0v) is 10.5. The van der Waals surface area contributed by atoms with Crippen molar-refractivity contribution < 1.29 is 9.47 Å². The summed E-state index contributed by atoms with van der Waals surface area (Å²) in [5.41, 5.74) is 5.70. The van der Waals surface area contributed by atoms with Crippen molar-refractivity contribution in [2.45, 2.75) is 19.5 Å². The second kappa shape index (κ2) is 5.55. The first-order valence-electron chi connectivity index (χ1n) is 5.77. The third-order valence-electron chi connectivity index (χ3n) is 2.38. The van der Waals surface area contributed by atoms with Crippen molar-refractivity contribution in [2.75, 3.05) is 7.11 Å². The lowest BCUT2D eigenvalue weighted by Gasteiger charge is -2.05. The molecule has 1 atom stereocenters. The van der Waals surface area contributed by atoms with E-state index in [1.54, 1.807) is 18.0 Å². The number of ether oxygens (including phenoxy) is 2. The SMILES string of the molecule is COc1ccc(Oc2cnn(CC(C)N)c2)cc1. The molecule has 0 amide bonds. The summed E-state index contributed by atoms with van der Waals surface area (Å²) in [5.74, 6) is 2.24. The van der Waals surface area contributed by atoms with Crippen molar-refractivity contribution in [1.82, 2.24) is 9.78 Å². The lowest BCUT2D eigenvalue weighted by atomic mass is 10.3. The second-order valence-electron chi connectivity index (χ2n) is 4.15. The summed E-state index contributed by atoms with van der Waals surface area (Å²) in [6.07, 6.45) is 3.50. The molecule has 5 nitrogen and oxygen atoms in total. The number of nitrogens with two attached hydrogens (primary N) is 1. The molecule has 2 aromatic rings. The standard InChI is InChI=1S/C13H17N3O2/c1-10(14)8-16-9-13(7-15-16)18-12-5-3-11(17-2)4-6-12/h3-7,9-10H,8,14H2,1-2H3. The van der Waals surface area contributed by atoms with E-state index in [9.17, 15) is 0 Å². The molecule has 2 N–H and O–H groups in total. The molecule has 0 aliphatic rings. The molecular formula is C13H17N3O2. The number of benzene rings is 1. The molecule has 96 valence electrons. The number of hydrogen-bond acceptors (Lipinski definition) is 4. The monoisotopic (exact) mass is 247 g/mol. The molecule has 0 spiro atoms. The number of methoxy groups -OCH3 is 1. The van der Waals surface area contributed by atoms with Crippen LogP contribution < -0.4 is 15.2 Å². The van der Waals surface area contributed by atoms with Gasteiger partial charge in [0.25, 0.3) is 0 Å². The Bertz CT molecular complexity index is 491. The maximum Gasteiger partial charge on any atom is 0.165 e. The van der Waals surface area contributed by atoms with Gasteiger partial charge in [-0.15, -0.1) is 0 Å². The number of rotatable bonds is 5. The Hall–Kier alpha value is -2.01. The molecule has 0 fully saturated rings. The first-order valence-corrected chi connectivity index (χ1v) is 5.77. The van der Waals surface area contributed by atoms with Crippen LogP contribution in [0.25, 0.3) is 0 Å². The van der Waals surface area contributed by atoms with E-state index < -0.39 is 0 Å². The molecule has 1 aromatic heterocycles. The lowest BCUT2D eigenvalue weighted by Crippen LogP contribution is -2.22. The first-order chi connectivity index (χ1) is 8.67. The van der Waals surface area contributed by atoms with E-state index in [4.69, 9.17) is 15.2 Å². The van der Waals surface area contributed by atoms with Crippen molar-refractivity contribution in [1.29, 1.82) is 0 Å². The topological polar surface area (TPSA) is 62.3 Å². The molecule has 0 saturated carbocycles. The van der Waals surface area contributed by atoms with Crippen LogP contribution in [-0.2, 0) is 6.54 Å². The van der Waals surface area contributed by atoms with Crippen LogP contribution in [0.5, 0.6) is 17.2 Å². The molecule has 0 bridgehead atoms. The van der Waals surface area contributed by atoms with Crippen LogP contribution in [0.2, 0.25) is 0 Å². The fraction of sp³-hybridized carbons (Fsp3) is 0.308. The molecule has 1 aromatic carbocycles. The van der Waals surface area contributed by atoms with Gasteiger partial charge < -0.3 is 15.2 Å². The van der Waals surface area contributed by atoms with Crippen LogP contribution in [0.3, 0.4) is 0 Å². The number of aromatic nitrogens is 2. The normalized spacial score (nSPS) is 12.2. The molecule has 5 heteroatoms. The van der Waals surface area contributed by atoms with Crippen molar-refractivity contribution in [3.8, 4) is 17.2 Å². The second-order valence-corrected chi connectivity index (χ2v) is 4.15. The summed E-state index contributed by atoms with van der Waals surface area (Å²) in [5, 5.41) is 4.17. The first kappa shape index (κ1) is 12.4. The Kier molecular flexibility index (Phi) is 3.84. The molecule has 18 heavy (non-hydrogen) atoms. The molecule has 1 heterocycles. The summed E-state index contributed by atoms with van der Waals surface area (Å²) in [6, 6.07) is 7.46. The highest BCUT2D eigenvalue weighted by atomic mass is 16.5. The number of hydrogen-bond donors (Lipinski definition) is 1. The fourth-order valence-electron chi connectivity index (χ4n) is 1.57. The molecule has 0 aliphatic heterocycles. The third kappa shape index (κ3) is 3.24. The highest BCUT2D eigenvalue weighted by Gasteiger charge is 2.03. The van der Waals surface area contributed by atoms with E-state index in [0.29, 0.717) is 12.3 Å². The Balaban J connectivity index is 2.01. The van der Waals surface area contributed by atoms with Crippen molar-refractivity contribution >= 4 is 0 Å². The van der Waals surface area contributed by atoms with Crippen LogP contribution >= 0.6 is 0 Å². The van der Waals surface area contributed by atoms with Gasteiger partial charge in [0.2, 0.25) is 0 Å². The predicted molar refractivity (Wildman–Crippen MR) is 68.9 cm³/mol. The summed E-state index contributed by atoms with van der Waals surface area (Å²) >= 11 is 0. The Labute approximate surface area is 106 Å². The minimum atomic E-state index is 0.0683. The van der Waals surface area contributed by atoms with Crippen molar-refractivity contribution in [3.05, 3.63) is 36.7 Å². The average Bonchev–Trinajstić information content (AvgIpc) is 2.76.